The van der Waals surface area contributed by atoms with Crippen molar-refractivity contribution in [1.29, 1.82) is 0 Å². The summed E-state index contributed by atoms with van der Waals surface area (Å²) in [5.41, 5.74) is -0.187. The van der Waals surface area contributed by atoms with Crippen molar-refractivity contribution in [3.8, 4) is 0 Å². The van der Waals surface area contributed by atoms with Crippen molar-refractivity contribution in [3.63, 3.8) is 0 Å². The number of hydrogen-bond acceptors (Lipinski definition) is 4. The van der Waals surface area contributed by atoms with Crippen LogP contribution in [-0.2, 0) is 4.74 Å². The second kappa shape index (κ2) is 5.29. The van der Waals surface area contributed by atoms with Gasteiger partial charge in [-0.15, -0.1) is 0 Å². The number of nitrogens with one attached hydrogen (secondary N) is 1. The van der Waals surface area contributed by atoms with Gasteiger partial charge in [0.05, 0.1) is 6.54 Å². The van der Waals surface area contributed by atoms with Crippen LogP contribution in [0.1, 0.15) is 25.7 Å². The van der Waals surface area contributed by atoms with Crippen molar-refractivity contribution in [1.82, 2.24) is 15.1 Å². The number of carbonyl (C=O) groups excluding carboxylic acids is 1. The molecule has 1 amide bonds. The van der Waals surface area contributed by atoms with Gasteiger partial charge in [0, 0.05) is 39.5 Å². The van der Waals surface area contributed by atoms with Gasteiger partial charge in [-0.1, -0.05) is 0 Å². The Kier molecular flexibility index (Phi) is 3.67. The second-order valence-electron chi connectivity index (χ2n) is 6.42. The highest BCUT2D eigenvalue weighted by atomic mass is 16.6. The smallest absolute Gasteiger partial charge is 0.410 e. The van der Waals surface area contributed by atoms with E-state index in [1.807, 2.05) is 7.05 Å². The van der Waals surface area contributed by atoms with Crippen LogP contribution >= 0.6 is 0 Å². The molecule has 1 atom stereocenters. The number of piperidine rings is 2. The molecule has 0 unspecified atom stereocenters. The topological polar surface area (TPSA) is 44.8 Å². The van der Waals surface area contributed by atoms with Gasteiger partial charge < -0.3 is 19.9 Å². The highest BCUT2D eigenvalue weighted by molar-refractivity contribution is 5.70. The Balaban J connectivity index is 1.48. The number of hydrogen-bond donors (Lipinski definition) is 1. The summed E-state index contributed by atoms with van der Waals surface area (Å²) >= 11 is 0. The summed E-state index contributed by atoms with van der Waals surface area (Å²) in [6.45, 7) is 6.45. The van der Waals surface area contributed by atoms with Gasteiger partial charge in [-0.3, -0.25) is 0 Å². The minimum Gasteiger partial charge on any atom is -0.441 e. The summed E-state index contributed by atoms with van der Waals surface area (Å²) in [6, 6.07) is 0. The maximum Gasteiger partial charge on any atom is 0.410 e. The fourth-order valence-corrected chi connectivity index (χ4v) is 3.64. The van der Waals surface area contributed by atoms with E-state index >= 15 is 0 Å². The fraction of sp³-hybridized carbons (Fsp3) is 0.929. The molecule has 3 fully saturated rings. The van der Waals surface area contributed by atoms with Gasteiger partial charge in [-0.25, -0.2) is 4.79 Å². The minimum absolute atomic E-state index is 0.148. The molecule has 108 valence electrons. The third-order valence-corrected chi connectivity index (χ3v) is 4.82. The van der Waals surface area contributed by atoms with E-state index in [-0.39, 0.29) is 11.7 Å². The van der Waals surface area contributed by atoms with Crippen LogP contribution in [0, 0.1) is 5.92 Å². The molecule has 3 rings (SSSR count). The number of rotatable bonds is 2. The summed E-state index contributed by atoms with van der Waals surface area (Å²) in [5, 5.41) is 3.48. The number of likely N-dealkylation sites (tertiary alicyclic amines) is 1. The van der Waals surface area contributed by atoms with Crippen molar-refractivity contribution in [3.05, 3.63) is 0 Å². The number of amides is 1. The van der Waals surface area contributed by atoms with Gasteiger partial charge in [0.1, 0.15) is 5.60 Å². The zero-order valence-corrected chi connectivity index (χ0v) is 11.9. The Bertz CT molecular complexity index is 334. The average molecular weight is 267 g/mol. The Morgan fingerprint density at radius 3 is 2.79 bits per heavy atom. The lowest BCUT2D eigenvalue weighted by molar-refractivity contribution is -0.00333. The summed E-state index contributed by atoms with van der Waals surface area (Å²) < 4.78 is 5.59. The zero-order valence-electron chi connectivity index (χ0n) is 11.9. The van der Waals surface area contributed by atoms with E-state index in [0.717, 1.165) is 38.4 Å². The Morgan fingerprint density at radius 1 is 1.42 bits per heavy atom. The molecule has 1 N–H and O–H groups in total. The van der Waals surface area contributed by atoms with Gasteiger partial charge in [-0.2, -0.15) is 0 Å². The average Bonchev–Trinajstić information content (AvgIpc) is 2.69. The summed E-state index contributed by atoms with van der Waals surface area (Å²) in [4.78, 5) is 15.8. The number of likely N-dealkylation sites (N-methyl/N-ethyl adjacent to an activating group) is 1. The monoisotopic (exact) mass is 267 g/mol. The molecular weight excluding hydrogens is 242 g/mol. The highest BCUT2D eigenvalue weighted by Crippen LogP contribution is 2.32. The van der Waals surface area contributed by atoms with E-state index < -0.39 is 0 Å². The van der Waals surface area contributed by atoms with E-state index in [2.05, 4.69) is 10.2 Å². The van der Waals surface area contributed by atoms with Crippen LogP contribution in [0.2, 0.25) is 0 Å². The first-order chi connectivity index (χ1) is 9.17. The largest absolute Gasteiger partial charge is 0.441 e. The first-order valence-electron chi connectivity index (χ1n) is 7.54. The van der Waals surface area contributed by atoms with Crippen molar-refractivity contribution in [2.45, 2.75) is 31.3 Å². The predicted octanol–water partition coefficient (Wildman–Crippen LogP) is 0.903. The Morgan fingerprint density at radius 2 is 2.21 bits per heavy atom. The molecule has 0 aromatic heterocycles. The van der Waals surface area contributed by atoms with Crippen molar-refractivity contribution in [2.75, 3.05) is 46.3 Å². The first-order valence-corrected chi connectivity index (χ1v) is 7.54. The van der Waals surface area contributed by atoms with E-state index in [1.165, 1.54) is 32.5 Å². The maximum atomic E-state index is 11.5. The van der Waals surface area contributed by atoms with E-state index in [9.17, 15) is 4.79 Å². The molecule has 5 heteroatoms. The Labute approximate surface area is 115 Å². The molecule has 0 bridgehead atoms. The van der Waals surface area contributed by atoms with Gasteiger partial charge in [0.2, 0.25) is 0 Å². The lowest BCUT2D eigenvalue weighted by Gasteiger charge is -2.39. The lowest BCUT2D eigenvalue weighted by Crippen LogP contribution is -2.49. The predicted molar refractivity (Wildman–Crippen MR) is 73.1 cm³/mol. The van der Waals surface area contributed by atoms with Gasteiger partial charge in [0.15, 0.2) is 0 Å². The van der Waals surface area contributed by atoms with Gasteiger partial charge in [0.25, 0.3) is 0 Å². The molecule has 5 nitrogen and oxygen atoms in total. The molecule has 0 saturated carbocycles. The van der Waals surface area contributed by atoms with Crippen LogP contribution < -0.4 is 5.32 Å². The molecule has 0 aliphatic carbocycles. The molecule has 1 spiro atoms. The summed E-state index contributed by atoms with van der Waals surface area (Å²) in [5.74, 6) is 0.802. The van der Waals surface area contributed by atoms with Crippen LogP contribution in [0.4, 0.5) is 4.79 Å². The van der Waals surface area contributed by atoms with E-state index in [0.29, 0.717) is 0 Å². The van der Waals surface area contributed by atoms with Crippen molar-refractivity contribution in [2.24, 2.45) is 5.92 Å². The molecular formula is C14H25N3O2. The zero-order chi connectivity index (χ0) is 13.3. The highest BCUT2D eigenvalue weighted by Gasteiger charge is 2.45. The molecule has 3 saturated heterocycles. The van der Waals surface area contributed by atoms with E-state index in [4.69, 9.17) is 4.74 Å². The third-order valence-electron chi connectivity index (χ3n) is 4.82. The van der Waals surface area contributed by atoms with Crippen molar-refractivity contribution >= 4 is 6.09 Å². The number of carbonyl (C=O) groups is 1. The van der Waals surface area contributed by atoms with Crippen LogP contribution in [-0.4, -0.2) is 67.8 Å². The second-order valence-corrected chi connectivity index (χ2v) is 6.42. The molecule has 3 aliphatic rings. The summed E-state index contributed by atoms with van der Waals surface area (Å²) in [7, 11) is 1.83. The number of ether oxygens (including phenoxy) is 1. The molecule has 0 radical (unpaired) electrons. The fourth-order valence-electron chi connectivity index (χ4n) is 3.64. The van der Waals surface area contributed by atoms with Crippen LogP contribution in [0.3, 0.4) is 0 Å². The van der Waals surface area contributed by atoms with Crippen molar-refractivity contribution < 1.29 is 9.53 Å². The van der Waals surface area contributed by atoms with Crippen LogP contribution in [0.5, 0.6) is 0 Å². The maximum absolute atomic E-state index is 11.5. The molecule has 0 aromatic carbocycles. The molecule has 19 heavy (non-hydrogen) atoms. The number of nitrogens with zero attached hydrogens (tertiary/aromatic N) is 2. The van der Waals surface area contributed by atoms with Crippen LogP contribution in [0.15, 0.2) is 0 Å². The standard InChI is InChI=1S/C14H25N3O2/c1-16-11-14(19-13(16)18)4-7-17(8-5-14)10-12-3-2-6-15-9-12/h12,15H,2-11H2,1H3/t12-/m0/s1. The van der Waals surface area contributed by atoms with Crippen LogP contribution in [0.25, 0.3) is 0 Å². The summed E-state index contributed by atoms with van der Waals surface area (Å²) in [6.07, 6.45) is 4.49. The molecule has 0 aromatic rings. The third kappa shape index (κ3) is 2.87. The Hall–Kier alpha value is -0.810. The van der Waals surface area contributed by atoms with Gasteiger partial charge >= 0.3 is 6.09 Å². The van der Waals surface area contributed by atoms with E-state index in [1.54, 1.807) is 4.90 Å². The minimum atomic E-state index is -0.187. The molecule has 3 heterocycles. The quantitative estimate of drug-likeness (QED) is 0.807. The SMILES string of the molecule is CN1CC2(CCN(C[C@H]3CCCNC3)CC2)OC1=O. The lowest BCUT2D eigenvalue weighted by atomic mass is 9.90. The molecule has 3 aliphatic heterocycles. The normalized spacial score (nSPS) is 31.7. The first kappa shape index (κ1) is 13.2. The van der Waals surface area contributed by atoms with Gasteiger partial charge in [-0.05, 0) is 31.8 Å².